The Balaban J connectivity index is 1.50. The molecular weight excluding hydrogens is 362 g/mol. The summed E-state index contributed by atoms with van der Waals surface area (Å²) in [5, 5.41) is 6.98. The normalized spacial score (nSPS) is 20.1. The minimum absolute atomic E-state index is 0.315. The van der Waals surface area contributed by atoms with Crippen LogP contribution in [-0.2, 0) is 4.79 Å². The molecule has 160 valence electrons. The smallest absolute Gasteiger partial charge is 0.222 e. The van der Waals surface area contributed by atoms with Crippen molar-refractivity contribution >= 4 is 11.9 Å². The number of nitrogens with zero attached hydrogens (tertiary/aromatic N) is 3. The van der Waals surface area contributed by atoms with Crippen LogP contribution in [0.2, 0.25) is 0 Å². The number of hydrogen-bond donors (Lipinski definition) is 2. The second-order valence-corrected chi connectivity index (χ2v) is 8.09. The molecule has 2 heterocycles. The summed E-state index contributed by atoms with van der Waals surface area (Å²) in [4.78, 5) is 21.1. The van der Waals surface area contributed by atoms with Crippen molar-refractivity contribution in [1.29, 1.82) is 0 Å². The zero-order valence-electron chi connectivity index (χ0n) is 18.1. The van der Waals surface area contributed by atoms with E-state index in [1.165, 1.54) is 18.4 Å². The summed E-state index contributed by atoms with van der Waals surface area (Å²) in [5.74, 6) is 1.16. The maximum absolute atomic E-state index is 12.0. The molecule has 0 radical (unpaired) electrons. The molecule has 1 aromatic rings. The van der Waals surface area contributed by atoms with E-state index in [-0.39, 0.29) is 0 Å². The van der Waals surface area contributed by atoms with Gasteiger partial charge in [0.25, 0.3) is 0 Å². The van der Waals surface area contributed by atoms with Crippen LogP contribution in [0.5, 0.6) is 0 Å². The number of guanidine groups is 1. The summed E-state index contributed by atoms with van der Waals surface area (Å²) < 4.78 is 0. The van der Waals surface area contributed by atoms with Gasteiger partial charge in [-0.15, -0.1) is 0 Å². The molecule has 29 heavy (non-hydrogen) atoms. The standard InChI is InChI=1S/C23H37N5O/c1-3-20(28-17-9-12-22(28)29)13-14-25-23(24-2)26-18-21(27-15-7-8-16-27)19-10-5-4-6-11-19/h4-6,10-11,20-21H,3,7-9,12-18H2,1-2H3,(H2,24,25,26). The quantitative estimate of drug-likeness (QED) is 0.495. The Morgan fingerprint density at radius 1 is 1.10 bits per heavy atom. The number of hydrogen-bond acceptors (Lipinski definition) is 3. The van der Waals surface area contributed by atoms with E-state index in [4.69, 9.17) is 0 Å². The number of nitrogens with one attached hydrogen (secondary N) is 2. The second kappa shape index (κ2) is 11.2. The number of carbonyl (C=O) groups excluding carboxylic acids is 1. The van der Waals surface area contributed by atoms with Gasteiger partial charge in [0.2, 0.25) is 5.91 Å². The predicted octanol–water partition coefficient (Wildman–Crippen LogP) is 2.78. The first-order valence-corrected chi connectivity index (χ1v) is 11.3. The molecule has 0 saturated carbocycles. The van der Waals surface area contributed by atoms with Crippen molar-refractivity contribution in [1.82, 2.24) is 20.4 Å². The Hall–Kier alpha value is -2.08. The van der Waals surface area contributed by atoms with Crippen molar-refractivity contribution in [3.8, 4) is 0 Å². The number of benzene rings is 1. The lowest BCUT2D eigenvalue weighted by molar-refractivity contribution is -0.129. The summed E-state index contributed by atoms with van der Waals surface area (Å²) in [7, 11) is 1.82. The van der Waals surface area contributed by atoms with Gasteiger partial charge in [0, 0.05) is 39.1 Å². The lowest BCUT2D eigenvalue weighted by Gasteiger charge is -2.29. The van der Waals surface area contributed by atoms with Crippen LogP contribution in [0.25, 0.3) is 0 Å². The maximum atomic E-state index is 12.0. The third kappa shape index (κ3) is 5.95. The lowest BCUT2D eigenvalue weighted by Crippen LogP contribution is -2.44. The molecule has 6 heteroatoms. The van der Waals surface area contributed by atoms with Crippen molar-refractivity contribution in [2.75, 3.05) is 39.8 Å². The van der Waals surface area contributed by atoms with E-state index in [1.807, 2.05) is 7.05 Å². The van der Waals surface area contributed by atoms with Crippen LogP contribution in [0, 0.1) is 0 Å². The first kappa shape index (κ1) is 21.6. The molecule has 3 rings (SSSR count). The predicted molar refractivity (Wildman–Crippen MR) is 119 cm³/mol. The zero-order chi connectivity index (χ0) is 20.5. The van der Waals surface area contributed by atoms with E-state index in [0.717, 1.165) is 57.9 Å². The van der Waals surface area contributed by atoms with Crippen molar-refractivity contribution in [3.05, 3.63) is 35.9 Å². The Morgan fingerprint density at radius 3 is 2.48 bits per heavy atom. The summed E-state index contributed by atoms with van der Waals surface area (Å²) in [5.41, 5.74) is 1.36. The first-order chi connectivity index (χ1) is 14.2. The van der Waals surface area contributed by atoms with Crippen molar-refractivity contribution in [2.45, 2.75) is 57.5 Å². The highest BCUT2D eigenvalue weighted by Crippen LogP contribution is 2.24. The number of carbonyl (C=O) groups is 1. The van der Waals surface area contributed by atoms with Crippen LogP contribution in [0.3, 0.4) is 0 Å². The molecule has 2 atom stereocenters. The highest BCUT2D eigenvalue weighted by Gasteiger charge is 2.26. The van der Waals surface area contributed by atoms with E-state index in [2.05, 4.69) is 62.7 Å². The number of aliphatic imine (C=N–C) groups is 1. The molecule has 2 N–H and O–H groups in total. The SMILES string of the molecule is CCC(CCNC(=NC)NCC(c1ccccc1)N1CCCC1)N1CCCC1=O. The van der Waals surface area contributed by atoms with Crippen molar-refractivity contribution < 1.29 is 4.79 Å². The molecule has 2 saturated heterocycles. The van der Waals surface area contributed by atoms with Gasteiger partial charge in [0.15, 0.2) is 5.96 Å². The summed E-state index contributed by atoms with van der Waals surface area (Å²) >= 11 is 0. The first-order valence-electron chi connectivity index (χ1n) is 11.3. The third-order valence-corrected chi connectivity index (χ3v) is 6.24. The molecule has 1 aromatic carbocycles. The number of amides is 1. The van der Waals surface area contributed by atoms with Crippen LogP contribution in [0.4, 0.5) is 0 Å². The monoisotopic (exact) mass is 399 g/mol. The molecule has 2 aliphatic heterocycles. The van der Waals surface area contributed by atoms with Gasteiger partial charge in [-0.2, -0.15) is 0 Å². The van der Waals surface area contributed by atoms with E-state index < -0.39 is 0 Å². The number of likely N-dealkylation sites (tertiary alicyclic amines) is 2. The fourth-order valence-corrected chi connectivity index (χ4v) is 4.59. The van der Waals surface area contributed by atoms with E-state index in [1.54, 1.807) is 0 Å². The molecular formula is C23H37N5O. The van der Waals surface area contributed by atoms with Gasteiger partial charge >= 0.3 is 0 Å². The van der Waals surface area contributed by atoms with Crippen LogP contribution < -0.4 is 10.6 Å². The average molecular weight is 400 g/mol. The maximum Gasteiger partial charge on any atom is 0.222 e. The van der Waals surface area contributed by atoms with Crippen molar-refractivity contribution in [2.24, 2.45) is 4.99 Å². The topological polar surface area (TPSA) is 60.0 Å². The van der Waals surface area contributed by atoms with Crippen molar-refractivity contribution in [3.63, 3.8) is 0 Å². The zero-order valence-corrected chi connectivity index (χ0v) is 18.1. The Kier molecular flexibility index (Phi) is 8.35. The minimum atomic E-state index is 0.315. The molecule has 0 aromatic heterocycles. The molecule has 0 bridgehead atoms. The van der Waals surface area contributed by atoms with Crippen LogP contribution in [0.15, 0.2) is 35.3 Å². The summed E-state index contributed by atoms with van der Waals surface area (Å²) in [6.07, 6.45) is 6.24. The number of rotatable bonds is 9. The van der Waals surface area contributed by atoms with Gasteiger partial charge in [0.1, 0.15) is 0 Å². The molecule has 1 amide bonds. The Morgan fingerprint density at radius 2 is 1.86 bits per heavy atom. The molecule has 0 aliphatic carbocycles. The van der Waals surface area contributed by atoms with Crippen LogP contribution in [0.1, 0.15) is 57.1 Å². The Labute approximate surface area is 175 Å². The van der Waals surface area contributed by atoms with Gasteiger partial charge in [-0.1, -0.05) is 37.3 Å². The van der Waals surface area contributed by atoms with Gasteiger partial charge < -0.3 is 15.5 Å². The molecule has 2 fully saturated rings. The van der Waals surface area contributed by atoms with Gasteiger partial charge in [-0.25, -0.2) is 0 Å². The van der Waals surface area contributed by atoms with E-state index in [9.17, 15) is 4.79 Å². The van der Waals surface area contributed by atoms with E-state index >= 15 is 0 Å². The molecule has 2 aliphatic rings. The third-order valence-electron chi connectivity index (χ3n) is 6.24. The van der Waals surface area contributed by atoms with E-state index in [0.29, 0.717) is 24.4 Å². The van der Waals surface area contributed by atoms with Gasteiger partial charge in [0.05, 0.1) is 6.04 Å². The molecule has 2 unspecified atom stereocenters. The minimum Gasteiger partial charge on any atom is -0.356 e. The fourth-order valence-electron chi connectivity index (χ4n) is 4.59. The van der Waals surface area contributed by atoms with Gasteiger partial charge in [-0.05, 0) is 50.8 Å². The fraction of sp³-hybridized carbons (Fsp3) is 0.652. The lowest BCUT2D eigenvalue weighted by atomic mass is 10.1. The van der Waals surface area contributed by atoms with Crippen LogP contribution in [-0.4, -0.2) is 67.5 Å². The summed E-state index contributed by atoms with van der Waals surface area (Å²) in [6, 6.07) is 11.5. The highest BCUT2D eigenvalue weighted by atomic mass is 16.2. The van der Waals surface area contributed by atoms with Crippen LogP contribution >= 0.6 is 0 Å². The average Bonchev–Trinajstić information content (AvgIpc) is 3.43. The highest BCUT2D eigenvalue weighted by molar-refractivity contribution is 5.80. The summed E-state index contributed by atoms with van der Waals surface area (Å²) in [6.45, 7) is 7.07. The van der Waals surface area contributed by atoms with Gasteiger partial charge in [-0.3, -0.25) is 14.7 Å². The largest absolute Gasteiger partial charge is 0.356 e. The second-order valence-electron chi connectivity index (χ2n) is 8.09. The molecule has 0 spiro atoms. The Bertz CT molecular complexity index is 656. The molecule has 6 nitrogen and oxygen atoms in total.